The fourth-order valence-corrected chi connectivity index (χ4v) is 8.03. The van der Waals surface area contributed by atoms with E-state index in [4.69, 9.17) is 4.74 Å². The van der Waals surface area contributed by atoms with Crippen LogP contribution in [-0.4, -0.2) is 46.9 Å². The molecule has 1 amide bonds. The summed E-state index contributed by atoms with van der Waals surface area (Å²) in [7, 11) is 0. The van der Waals surface area contributed by atoms with Gasteiger partial charge >= 0.3 is 5.97 Å². The summed E-state index contributed by atoms with van der Waals surface area (Å²) in [5, 5.41) is 23.8. The van der Waals surface area contributed by atoms with Gasteiger partial charge in [0.1, 0.15) is 6.10 Å². The zero-order valence-electron chi connectivity index (χ0n) is 44.9. The van der Waals surface area contributed by atoms with Gasteiger partial charge in [0.05, 0.1) is 25.2 Å². The van der Waals surface area contributed by atoms with Crippen LogP contribution in [0.3, 0.4) is 0 Å². The molecule has 0 aliphatic carbocycles. The highest BCUT2D eigenvalue weighted by Gasteiger charge is 2.24. The molecule has 0 radical (unpaired) electrons. The second kappa shape index (κ2) is 55.4. The molecule has 0 fully saturated rings. The standard InChI is InChI=1S/C63H107NO5/c1-4-7-10-13-16-19-22-25-28-30-31-33-35-38-41-44-47-50-53-56-63(68)69-59(54-51-48-45-42-39-36-34-32-29-26-23-20-17-14-11-8-5-2)57-62(67)64-60(58-65)61(66)55-52-49-46-43-40-37-27-24-21-18-15-12-9-6-3/h8,11,16-17,19-20,25-26,28-29,31,33-34,36,38,41-42,45,59-61,65-66H,4-7,9-10,12-15,18,21-24,27,30,32,35,37,39-40,43-44,46-58H2,1-3H3,(H,64,67)/b11-8-,19-16-,20-17-,28-25-,29-26-,33-31-,36-34-,41-38-,45-42-. The highest BCUT2D eigenvalue weighted by Crippen LogP contribution is 2.17. The van der Waals surface area contributed by atoms with Crippen LogP contribution >= 0.6 is 0 Å². The Bertz CT molecular complexity index is 1400. The quantitative estimate of drug-likeness (QED) is 0.0321. The van der Waals surface area contributed by atoms with E-state index in [9.17, 15) is 19.8 Å². The lowest BCUT2D eigenvalue weighted by molar-refractivity contribution is -0.151. The van der Waals surface area contributed by atoms with Gasteiger partial charge < -0.3 is 20.3 Å². The average Bonchev–Trinajstić information content (AvgIpc) is 3.34. The first-order valence-electron chi connectivity index (χ1n) is 28.6. The first-order valence-corrected chi connectivity index (χ1v) is 28.6. The molecule has 0 spiro atoms. The Morgan fingerprint density at radius 3 is 1.23 bits per heavy atom. The minimum absolute atomic E-state index is 0.0194. The van der Waals surface area contributed by atoms with E-state index >= 15 is 0 Å². The number of hydrogen-bond donors (Lipinski definition) is 3. The maximum absolute atomic E-state index is 13.3. The Balaban J connectivity index is 4.75. The largest absolute Gasteiger partial charge is 0.462 e. The van der Waals surface area contributed by atoms with E-state index in [1.165, 1.54) is 96.3 Å². The van der Waals surface area contributed by atoms with Gasteiger partial charge in [0.15, 0.2) is 0 Å². The second-order valence-corrected chi connectivity index (χ2v) is 19.0. The zero-order valence-corrected chi connectivity index (χ0v) is 44.9. The van der Waals surface area contributed by atoms with Gasteiger partial charge in [-0.2, -0.15) is 0 Å². The molecule has 69 heavy (non-hydrogen) atoms. The number of allylic oxidation sites excluding steroid dienone is 18. The van der Waals surface area contributed by atoms with E-state index in [0.29, 0.717) is 19.3 Å². The lowest BCUT2D eigenvalue weighted by Gasteiger charge is -2.24. The van der Waals surface area contributed by atoms with E-state index in [-0.39, 0.29) is 24.9 Å². The Kier molecular flexibility index (Phi) is 52.7. The third-order valence-electron chi connectivity index (χ3n) is 12.3. The van der Waals surface area contributed by atoms with Gasteiger partial charge in [-0.05, 0) is 109 Å². The molecule has 0 saturated heterocycles. The van der Waals surface area contributed by atoms with Gasteiger partial charge in [0, 0.05) is 6.42 Å². The number of nitrogens with one attached hydrogen (secondary N) is 1. The van der Waals surface area contributed by atoms with E-state index in [1.54, 1.807) is 0 Å². The summed E-state index contributed by atoms with van der Waals surface area (Å²) < 4.78 is 5.92. The van der Waals surface area contributed by atoms with Crippen molar-refractivity contribution in [3.05, 3.63) is 109 Å². The van der Waals surface area contributed by atoms with Crippen LogP contribution in [0, 0.1) is 0 Å². The van der Waals surface area contributed by atoms with Crippen molar-refractivity contribution in [3.63, 3.8) is 0 Å². The number of unbranched alkanes of at least 4 members (excludes halogenated alkanes) is 20. The van der Waals surface area contributed by atoms with E-state index < -0.39 is 18.2 Å². The fraction of sp³-hybridized carbons (Fsp3) is 0.683. The van der Waals surface area contributed by atoms with Crippen molar-refractivity contribution in [1.82, 2.24) is 5.32 Å². The molecule has 0 heterocycles. The Morgan fingerprint density at radius 2 is 0.797 bits per heavy atom. The molecular formula is C63H107NO5. The van der Waals surface area contributed by atoms with Crippen LogP contribution in [0.1, 0.15) is 252 Å². The third kappa shape index (κ3) is 50.7. The van der Waals surface area contributed by atoms with Crippen molar-refractivity contribution in [2.75, 3.05) is 6.61 Å². The molecule has 6 heteroatoms. The predicted molar refractivity (Wildman–Crippen MR) is 300 cm³/mol. The maximum atomic E-state index is 13.3. The molecule has 394 valence electrons. The number of aliphatic hydroxyl groups excluding tert-OH is 2. The first kappa shape index (κ1) is 65.5. The van der Waals surface area contributed by atoms with Crippen molar-refractivity contribution in [2.45, 2.75) is 270 Å². The smallest absolute Gasteiger partial charge is 0.306 e. The first-order chi connectivity index (χ1) is 34.0. The van der Waals surface area contributed by atoms with Crippen molar-refractivity contribution in [3.8, 4) is 0 Å². The molecule has 3 atom stereocenters. The van der Waals surface area contributed by atoms with Crippen molar-refractivity contribution in [1.29, 1.82) is 0 Å². The summed E-state index contributed by atoms with van der Waals surface area (Å²) in [4.78, 5) is 26.3. The molecule has 3 unspecified atom stereocenters. The van der Waals surface area contributed by atoms with Crippen molar-refractivity contribution < 1.29 is 24.5 Å². The van der Waals surface area contributed by atoms with Crippen molar-refractivity contribution >= 4 is 11.9 Å². The molecule has 3 N–H and O–H groups in total. The van der Waals surface area contributed by atoms with Gasteiger partial charge in [0.2, 0.25) is 5.91 Å². The molecule has 0 rings (SSSR count). The molecular weight excluding hydrogens is 851 g/mol. The Hall–Kier alpha value is -3.48. The van der Waals surface area contributed by atoms with Crippen LogP contribution in [-0.2, 0) is 14.3 Å². The third-order valence-corrected chi connectivity index (χ3v) is 12.3. The minimum atomic E-state index is -0.816. The molecule has 0 aliphatic rings. The maximum Gasteiger partial charge on any atom is 0.306 e. The van der Waals surface area contributed by atoms with Crippen molar-refractivity contribution in [2.24, 2.45) is 0 Å². The van der Waals surface area contributed by atoms with Crippen LogP contribution in [0.25, 0.3) is 0 Å². The number of hydrogen-bond acceptors (Lipinski definition) is 5. The molecule has 0 aromatic heterocycles. The van der Waals surface area contributed by atoms with Crippen LogP contribution in [0.2, 0.25) is 0 Å². The summed E-state index contributed by atoms with van der Waals surface area (Å²) in [5.74, 6) is -0.572. The lowest BCUT2D eigenvalue weighted by Crippen LogP contribution is -2.46. The predicted octanol–water partition coefficient (Wildman–Crippen LogP) is 17.8. The number of amides is 1. The van der Waals surface area contributed by atoms with E-state index in [0.717, 1.165) is 109 Å². The van der Waals surface area contributed by atoms with Gasteiger partial charge in [-0.3, -0.25) is 9.59 Å². The molecule has 0 saturated carbocycles. The lowest BCUT2D eigenvalue weighted by atomic mass is 10.0. The second-order valence-electron chi connectivity index (χ2n) is 19.0. The van der Waals surface area contributed by atoms with Gasteiger partial charge in [0.25, 0.3) is 0 Å². The van der Waals surface area contributed by atoms with Gasteiger partial charge in [-0.15, -0.1) is 0 Å². The molecule has 0 bridgehead atoms. The summed E-state index contributed by atoms with van der Waals surface area (Å²) in [6.45, 7) is 6.32. The van der Waals surface area contributed by atoms with Crippen LogP contribution in [0.15, 0.2) is 109 Å². The number of esters is 1. The Labute approximate surface area is 426 Å². The SMILES string of the molecule is CC/C=C\C/C=C\C/C=C\C/C=C\C/C=C\CCCC(CC(=O)NC(CO)C(O)CCCCCCCCCCCCCCCC)OC(=O)CCCCC/C=C\C/C=C\C/C=C\C/C=C\CCCCC. The summed E-state index contributed by atoms with van der Waals surface area (Å²) in [5.41, 5.74) is 0. The monoisotopic (exact) mass is 958 g/mol. The molecule has 0 aliphatic heterocycles. The topological polar surface area (TPSA) is 95.9 Å². The highest BCUT2D eigenvalue weighted by atomic mass is 16.5. The highest BCUT2D eigenvalue weighted by molar-refractivity contribution is 5.77. The summed E-state index contributed by atoms with van der Waals surface area (Å²) in [6, 6.07) is -0.734. The fourth-order valence-electron chi connectivity index (χ4n) is 8.03. The van der Waals surface area contributed by atoms with Crippen LogP contribution in [0.5, 0.6) is 0 Å². The number of aliphatic hydroxyl groups is 2. The summed E-state index contributed by atoms with van der Waals surface area (Å²) in [6.07, 6.45) is 75.8. The van der Waals surface area contributed by atoms with Gasteiger partial charge in [-0.1, -0.05) is 239 Å². The molecule has 0 aromatic carbocycles. The summed E-state index contributed by atoms with van der Waals surface area (Å²) >= 11 is 0. The van der Waals surface area contributed by atoms with Crippen LogP contribution < -0.4 is 5.32 Å². The Morgan fingerprint density at radius 1 is 0.435 bits per heavy atom. The van der Waals surface area contributed by atoms with Crippen LogP contribution in [0.4, 0.5) is 0 Å². The number of carbonyl (C=O) groups excluding carboxylic acids is 2. The zero-order chi connectivity index (χ0) is 50.2. The number of carbonyl (C=O) groups is 2. The average molecular weight is 959 g/mol. The molecule has 0 aromatic rings. The minimum Gasteiger partial charge on any atom is -0.462 e. The van der Waals surface area contributed by atoms with E-state index in [2.05, 4.69) is 135 Å². The van der Waals surface area contributed by atoms with Gasteiger partial charge in [-0.25, -0.2) is 0 Å². The van der Waals surface area contributed by atoms with E-state index in [1.807, 2.05) is 0 Å². The molecule has 6 nitrogen and oxygen atoms in total. The normalized spacial score (nSPS) is 14.0. The number of ether oxygens (including phenoxy) is 1. The number of rotatable bonds is 50.